The van der Waals surface area contributed by atoms with Gasteiger partial charge in [-0.25, -0.2) is 9.37 Å². The van der Waals surface area contributed by atoms with Gasteiger partial charge in [-0.05, 0) is 49.9 Å². The third kappa shape index (κ3) is 4.09. The molecule has 1 aliphatic carbocycles. The summed E-state index contributed by atoms with van der Waals surface area (Å²) >= 11 is 0. The van der Waals surface area contributed by atoms with Crippen LogP contribution in [0.2, 0.25) is 0 Å². The quantitative estimate of drug-likeness (QED) is 0.415. The fourth-order valence-corrected chi connectivity index (χ4v) is 5.50. The zero-order chi connectivity index (χ0) is 27.3. The van der Waals surface area contributed by atoms with Gasteiger partial charge in [0.25, 0.3) is 0 Å². The van der Waals surface area contributed by atoms with E-state index >= 15 is 4.39 Å². The Balaban J connectivity index is 1.34. The van der Waals surface area contributed by atoms with E-state index in [2.05, 4.69) is 22.4 Å². The lowest BCUT2D eigenvalue weighted by Gasteiger charge is -2.37. The zero-order valence-corrected chi connectivity index (χ0v) is 21.8. The van der Waals surface area contributed by atoms with Crippen molar-refractivity contribution in [3.63, 3.8) is 0 Å². The molecule has 1 aliphatic heterocycles. The summed E-state index contributed by atoms with van der Waals surface area (Å²) in [5.74, 6) is 0.547. The molecule has 1 saturated heterocycles. The molecule has 1 saturated carbocycles. The fourth-order valence-electron chi connectivity index (χ4n) is 5.50. The minimum atomic E-state index is -0.847. The third-order valence-electron chi connectivity index (χ3n) is 8.01. The first-order valence-corrected chi connectivity index (χ1v) is 13.0. The van der Waals surface area contributed by atoms with Crippen molar-refractivity contribution in [1.82, 2.24) is 19.3 Å². The van der Waals surface area contributed by atoms with Gasteiger partial charge in [0.1, 0.15) is 17.1 Å². The van der Waals surface area contributed by atoms with Gasteiger partial charge in [0, 0.05) is 50.0 Å². The minimum Gasteiger partial charge on any atom is -0.366 e. The number of nitriles is 2. The molecule has 2 aromatic heterocycles. The molecule has 4 aromatic rings. The highest BCUT2D eigenvalue weighted by Gasteiger charge is 2.52. The van der Waals surface area contributed by atoms with Crippen LogP contribution in [-0.4, -0.2) is 51.4 Å². The highest BCUT2D eigenvalue weighted by atomic mass is 19.1. The number of nitrogens with one attached hydrogen (secondary N) is 1. The number of nitrogens with zero attached hydrogens (tertiary/aromatic N) is 7. The average Bonchev–Trinajstić information content (AvgIpc) is 3.61. The summed E-state index contributed by atoms with van der Waals surface area (Å²) in [4.78, 5) is 25.5. The topological polar surface area (TPSA) is 113 Å². The second-order valence-electron chi connectivity index (χ2n) is 10.3. The molecule has 3 heterocycles. The van der Waals surface area contributed by atoms with Crippen molar-refractivity contribution < 1.29 is 9.18 Å². The average molecular weight is 523 g/mol. The summed E-state index contributed by atoms with van der Waals surface area (Å²) in [6.07, 6.45) is 4.62. The molecule has 196 valence electrons. The lowest BCUT2D eigenvalue weighted by molar-refractivity contribution is -0.135. The normalized spacial score (nSPS) is 17.1. The van der Waals surface area contributed by atoms with Crippen molar-refractivity contribution in [1.29, 1.82) is 10.5 Å². The number of piperazine rings is 1. The summed E-state index contributed by atoms with van der Waals surface area (Å²) in [7, 11) is 0. The van der Waals surface area contributed by atoms with Gasteiger partial charge >= 0.3 is 0 Å². The first kappa shape index (κ1) is 24.6. The van der Waals surface area contributed by atoms with Crippen LogP contribution in [0, 0.1) is 40.8 Å². The molecule has 10 heteroatoms. The summed E-state index contributed by atoms with van der Waals surface area (Å²) in [6.45, 7) is 5.74. The largest absolute Gasteiger partial charge is 0.366 e. The number of hydrogen-bond acceptors (Lipinski definition) is 7. The van der Waals surface area contributed by atoms with Crippen molar-refractivity contribution in [2.24, 2.45) is 5.41 Å². The SMILES string of the molecule is Cc1c(C#N)cccc1[C@@H](C)Nc1nc2nccn2c2cc(F)c(N3CCN(C(=O)C4(C#N)CC4)CC3)cc12. The van der Waals surface area contributed by atoms with E-state index in [1.54, 1.807) is 33.8 Å². The van der Waals surface area contributed by atoms with Crippen LogP contribution in [0.4, 0.5) is 15.9 Å². The predicted molar refractivity (Wildman–Crippen MR) is 144 cm³/mol. The van der Waals surface area contributed by atoms with E-state index in [4.69, 9.17) is 4.98 Å². The molecule has 1 amide bonds. The molecule has 9 nitrogen and oxygen atoms in total. The number of rotatable bonds is 5. The van der Waals surface area contributed by atoms with Gasteiger partial charge in [-0.1, -0.05) is 12.1 Å². The van der Waals surface area contributed by atoms with Crippen LogP contribution < -0.4 is 10.2 Å². The molecule has 2 fully saturated rings. The minimum absolute atomic E-state index is 0.105. The van der Waals surface area contributed by atoms with Crippen LogP contribution in [0.3, 0.4) is 0 Å². The van der Waals surface area contributed by atoms with Crippen LogP contribution >= 0.6 is 0 Å². The predicted octanol–water partition coefficient (Wildman–Crippen LogP) is 4.33. The first-order chi connectivity index (χ1) is 18.8. The fraction of sp³-hybridized carbons (Fsp3) is 0.345. The lowest BCUT2D eigenvalue weighted by Crippen LogP contribution is -2.51. The van der Waals surface area contributed by atoms with E-state index < -0.39 is 5.41 Å². The number of fused-ring (bicyclic) bond motifs is 3. The Morgan fingerprint density at radius 2 is 1.95 bits per heavy atom. The maximum Gasteiger partial charge on any atom is 0.243 e. The number of benzene rings is 2. The Kier molecular flexibility index (Phi) is 5.84. The number of carbonyl (C=O) groups is 1. The summed E-state index contributed by atoms with van der Waals surface area (Å²) in [5.41, 5.74) is 2.72. The number of carbonyl (C=O) groups excluding carboxylic acids is 1. The van der Waals surface area contributed by atoms with Crippen molar-refractivity contribution in [2.45, 2.75) is 32.7 Å². The molecule has 1 N–H and O–H groups in total. The van der Waals surface area contributed by atoms with Gasteiger partial charge in [-0.15, -0.1) is 0 Å². The van der Waals surface area contributed by atoms with Crippen LogP contribution in [-0.2, 0) is 4.79 Å². The smallest absolute Gasteiger partial charge is 0.243 e. The monoisotopic (exact) mass is 522 g/mol. The molecule has 0 spiro atoms. The molecule has 0 radical (unpaired) electrons. The van der Waals surface area contributed by atoms with Crippen LogP contribution in [0.15, 0.2) is 42.7 Å². The lowest BCUT2D eigenvalue weighted by atomic mass is 9.98. The highest BCUT2D eigenvalue weighted by molar-refractivity contribution is 5.94. The van der Waals surface area contributed by atoms with Crippen molar-refractivity contribution >= 4 is 34.1 Å². The first-order valence-electron chi connectivity index (χ1n) is 13.0. The van der Waals surface area contributed by atoms with Gasteiger partial charge < -0.3 is 15.1 Å². The molecule has 0 unspecified atom stereocenters. The van der Waals surface area contributed by atoms with E-state index in [-0.39, 0.29) is 17.8 Å². The van der Waals surface area contributed by atoms with E-state index in [0.717, 1.165) is 16.5 Å². The van der Waals surface area contributed by atoms with Crippen LogP contribution in [0.25, 0.3) is 16.7 Å². The Labute approximate surface area is 225 Å². The van der Waals surface area contributed by atoms with Crippen LogP contribution in [0.1, 0.15) is 42.5 Å². The maximum absolute atomic E-state index is 15.6. The standard InChI is InChI=1S/C29H27FN8O/c1-18-20(16-31)4-3-5-21(18)19(2)34-26-22-14-25(23(30)15-24(22)38-9-8-33-28(38)35-26)36-10-12-37(13-11-36)27(39)29(17-32)6-7-29/h3-5,8-9,14-15,19H,6-7,10-13H2,1-2H3,(H,33,34,35)/t19-/m1/s1. The Hall–Kier alpha value is -4.70. The van der Waals surface area contributed by atoms with Crippen LogP contribution in [0.5, 0.6) is 0 Å². The Morgan fingerprint density at radius 3 is 2.64 bits per heavy atom. The second kappa shape index (κ2) is 9.25. The zero-order valence-electron chi connectivity index (χ0n) is 21.8. The third-order valence-corrected chi connectivity index (χ3v) is 8.01. The highest BCUT2D eigenvalue weighted by Crippen LogP contribution is 2.46. The molecule has 1 atom stereocenters. The molecule has 39 heavy (non-hydrogen) atoms. The number of hydrogen-bond donors (Lipinski definition) is 1. The van der Waals surface area contributed by atoms with E-state index in [1.807, 2.05) is 30.9 Å². The molecule has 2 aliphatic rings. The van der Waals surface area contributed by atoms with E-state index in [0.29, 0.717) is 67.4 Å². The van der Waals surface area contributed by atoms with E-state index in [1.165, 1.54) is 6.07 Å². The maximum atomic E-state index is 15.6. The summed E-state index contributed by atoms with van der Waals surface area (Å²) < 4.78 is 17.3. The van der Waals surface area contributed by atoms with Gasteiger partial charge in [-0.3, -0.25) is 9.20 Å². The number of anilines is 2. The van der Waals surface area contributed by atoms with Crippen molar-refractivity contribution in [3.8, 4) is 12.1 Å². The van der Waals surface area contributed by atoms with Crippen molar-refractivity contribution in [2.75, 3.05) is 36.4 Å². The molecule has 0 bridgehead atoms. The van der Waals surface area contributed by atoms with Gasteiger partial charge in [0.05, 0.1) is 34.9 Å². The van der Waals surface area contributed by atoms with Gasteiger partial charge in [0.15, 0.2) is 0 Å². The Bertz CT molecular complexity index is 1700. The molecular weight excluding hydrogens is 495 g/mol. The molecular formula is C29H27FN8O. The second-order valence-corrected chi connectivity index (χ2v) is 10.3. The Morgan fingerprint density at radius 1 is 1.18 bits per heavy atom. The number of amides is 1. The number of aromatic nitrogens is 3. The molecule has 2 aromatic carbocycles. The number of imidazole rings is 1. The number of halogens is 1. The molecule has 6 rings (SSSR count). The van der Waals surface area contributed by atoms with E-state index in [9.17, 15) is 15.3 Å². The van der Waals surface area contributed by atoms with Gasteiger partial charge in [-0.2, -0.15) is 15.5 Å². The van der Waals surface area contributed by atoms with Gasteiger partial charge in [0.2, 0.25) is 11.7 Å². The van der Waals surface area contributed by atoms with Crippen molar-refractivity contribution in [3.05, 3.63) is 65.2 Å². The summed E-state index contributed by atoms with van der Waals surface area (Å²) in [5, 5.41) is 23.1. The summed E-state index contributed by atoms with van der Waals surface area (Å²) in [6, 6.07) is 13.2.